The molecule has 0 aromatic carbocycles. The minimum absolute atomic E-state index is 0.126. The highest BCUT2D eigenvalue weighted by molar-refractivity contribution is 6.32. The molecule has 1 rings (SSSR count). The maximum atomic E-state index is 11.6. The van der Waals surface area contributed by atoms with Gasteiger partial charge in [0.25, 0.3) is 0 Å². The molecule has 0 aromatic rings. The van der Waals surface area contributed by atoms with E-state index in [1.54, 1.807) is 6.92 Å². The number of hydrogen-bond acceptors (Lipinski definition) is 3. The summed E-state index contributed by atoms with van der Waals surface area (Å²) in [5.74, 6) is -0.352. The van der Waals surface area contributed by atoms with Crippen molar-refractivity contribution < 1.29 is 14.3 Å². The van der Waals surface area contributed by atoms with E-state index in [1.807, 2.05) is 0 Å². The standard InChI is InChI=1S/C13H23NO3/c1-4-17-13(16)12(15)14-11-8-6-5-7-10(11)9(2)3/h9-11H,4-8H2,1-3H3,(H,14,15). The molecule has 1 saturated carbocycles. The predicted octanol–water partition coefficient (Wildman–Crippen LogP) is 1.88. The number of nitrogens with one attached hydrogen (secondary N) is 1. The first-order valence-corrected chi connectivity index (χ1v) is 6.53. The van der Waals surface area contributed by atoms with Crippen LogP contribution in [0.2, 0.25) is 0 Å². The van der Waals surface area contributed by atoms with Crippen LogP contribution >= 0.6 is 0 Å². The predicted molar refractivity (Wildman–Crippen MR) is 65.4 cm³/mol. The second-order valence-corrected chi connectivity index (χ2v) is 4.99. The SMILES string of the molecule is CCOC(=O)C(=O)NC1CCCCC1C(C)C. The molecule has 2 unspecified atom stereocenters. The number of amides is 1. The molecule has 0 aliphatic heterocycles. The van der Waals surface area contributed by atoms with E-state index in [2.05, 4.69) is 23.9 Å². The van der Waals surface area contributed by atoms with Gasteiger partial charge in [0.1, 0.15) is 0 Å². The van der Waals surface area contributed by atoms with Gasteiger partial charge in [-0.2, -0.15) is 0 Å². The second kappa shape index (κ2) is 6.62. The minimum atomic E-state index is -0.763. The zero-order valence-corrected chi connectivity index (χ0v) is 11.0. The van der Waals surface area contributed by atoms with Crippen LogP contribution in [0.15, 0.2) is 0 Å². The third-order valence-electron chi connectivity index (χ3n) is 3.45. The molecule has 2 atom stereocenters. The first-order chi connectivity index (χ1) is 8.06. The molecule has 4 nitrogen and oxygen atoms in total. The summed E-state index contributed by atoms with van der Waals surface area (Å²) in [7, 11) is 0. The number of rotatable bonds is 3. The van der Waals surface area contributed by atoms with Crippen molar-refractivity contribution in [2.24, 2.45) is 11.8 Å². The van der Waals surface area contributed by atoms with Crippen molar-refractivity contribution >= 4 is 11.9 Å². The van der Waals surface area contributed by atoms with Crippen molar-refractivity contribution in [2.45, 2.75) is 52.5 Å². The topological polar surface area (TPSA) is 55.4 Å². The minimum Gasteiger partial charge on any atom is -0.459 e. The third-order valence-corrected chi connectivity index (χ3v) is 3.45. The average Bonchev–Trinajstić information content (AvgIpc) is 2.29. The molecule has 1 aliphatic rings. The lowest BCUT2D eigenvalue weighted by molar-refractivity contribution is -0.155. The van der Waals surface area contributed by atoms with Gasteiger partial charge in [0, 0.05) is 6.04 Å². The Morgan fingerprint density at radius 1 is 1.29 bits per heavy atom. The smallest absolute Gasteiger partial charge is 0.396 e. The normalized spacial score (nSPS) is 24.5. The Hall–Kier alpha value is -1.06. The molecule has 17 heavy (non-hydrogen) atoms. The van der Waals surface area contributed by atoms with Crippen molar-refractivity contribution in [3.63, 3.8) is 0 Å². The van der Waals surface area contributed by atoms with Crippen LogP contribution in [-0.4, -0.2) is 24.5 Å². The summed E-state index contributed by atoms with van der Waals surface area (Å²) in [5.41, 5.74) is 0. The van der Waals surface area contributed by atoms with Crippen molar-refractivity contribution in [1.82, 2.24) is 5.32 Å². The zero-order chi connectivity index (χ0) is 12.8. The molecule has 98 valence electrons. The van der Waals surface area contributed by atoms with Crippen molar-refractivity contribution in [1.29, 1.82) is 0 Å². The molecule has 0 radical (unpaired) electrons. The van der Waals surface area contributed by atoms with Gasteiger partial charge >= 0.3 is 11.9 Å². The first kappa shape index (κ1) is 14.0. The number of carbonyl (C=O) groups excluding carboxylic acids is 2. The van der Waals surface area contributed by atoms with Gasteiger partial charge in [-0.25, -0.2) is 4.79 Å². The molecule has 1 fully saturated rings. The van der Waals surface area contributed by atoms with Gasteiger partial charge in [0.05, 0.1) is 6.61 Å². The van der Waals surface area contributed by atoms with E-state index >= 15 is 0 Å². The van der Waals surface area contributed by atoms with Gasteiger partial charge in [-0.15, -0.1) is 0 Å². The molecule has 0 spiro atoms. The van der Waals surface area contributed by atoms with E-state index in [9.17, 15) is 9.59 Å². The summed E-state index contributed by atoms with van der Waals surface area (Å²) in [6.45, 7) is 6.27. The van der Waals surface area contributed by atoms with E-state index in [0.29, 0.717) is 11.8 Å². The summed E-state index contributed by atoms with van der Waals surface area (Å²) >= 11 is 0. The molecule has 0 bridgehead atoms. The monoisotopic (exact) mass is 241 g/mol. The fourth-order valence-electron chi connectivity index (χ4n) is 2.56. The van der Waals surface area contributed by atoms with Crippen molar-refractivity contribution in [2.75, 3.05) is 6.61 Å². The van der Waals surface area contributed by atoms with Gasteiger partial charge in [-0.1, -0.05) is 26.7 Å². The van der Waals surface area contributed by atoms with Gasteiger partial charge in [-0.05, 0) is 31.6 Å². The van der Waals surface area contributed by atoms with Crippen LogP contribution in [-0.2, 0) is 14.3 Å². The van der Waals surface area contributed by atoms with E-state index in [1.165, 1.54) is 6.42 Å². The average molecular weight is 241 g/mol. The van der Waals surface area contributed by atoms with Crippen LogP contribution in [0.1, 0.15) is 46.5 Å². The highest BCUT2D eigenvalue weighted by Crippen LogP contribution is 2.30. The molecule has 0 heterocycles. The number of carbonyl (C=O) groups is 2. The quantitative estimate of drug-likeness (QED) is 0.606. The molecule has 4 heteroatoms. The number of esters is 1. The third kappa shape index (κ3) is 4.02. The van der Waals surface area contributed by atoms with E-state index < -0.39 is 11.9 Å². The van der Waals surface area contributed by atoms with Crippen LogP contribution in [0.5, 0.6) is 0 Å². The fourth-order valence-corrected chi connectivity index (χ4v) is 2.56. The second-order valence-electron chi connectivity index (χ2n) is 4.99. The number of ether oxygens (including phenoxy) is 1. The Morgan fingerprint density at radius 3 is 2.53 bits per heavy atom. The van der Waals surface area contributed by atoms with Crippen LogP contribution in [0.3, 0.4) is 0 Å². The molecule has 0 aromatic heterocycles. The van der Waals surface area contributed by atoms with E-state index in [0.717, 1.165) is 19.3 Å². The number of hydrogen-bond donors (Lipinski definition) is 1. The molecule has 1 aliphatic carbocycles. The van der Waals surface area contributed by atoms with Crippen molar-refractivity contribution in [3.8, 4) is 0 Å². The van der Waals surface area contributed by atoms with Crippen LogP contribution < -0.4 is 5.32 Å². The Morgan fingerprint density at radius 2 is 1.94 bits per heavy atom. The lowest BCUT2D eigenvalue weighted by atomic mass is 9.78. The van der Waals surface area contributed by atoms with Gasteiger partial charge < -0.3 is 10.1 Å². The maximum absolute atomic E-state index is 11.6. The summed E-state index contributed by atoms with van der Waals surface area (Å²) in [4.78, 5) is 22.8. The van der Waals surface area contributed by atoms with E-state index in [-0.39, 0.29) is 12.6 Å². The molecule has 0 saturated heterocycles. The van der Waals surface area contributed by atoms with Gasteiger partial charge in [-0.3, -0.25) is 4.79 Å². The first-order valence-electron chi connectivity index (χ1n) is 6.53. The Bertz CT molecular complexity index is 276. The summed E-state index contributed by atoms with van der Waals surface area (Å²) in [6, 6.07) is 0.126. The Labute approximate surface area is 103 Å². The summed E-state index contributed by atoms with van der Waals surface area (Å²) < 4.78 is 4.69. The molecular weight excluding hydrogens is 218 g/mol. The zero-order valence-electron chi connectivity index (χ0n) is 11.0. The van der Waals surface area contributed by atoms with Gasteiger partial charge in [0.2, 0.25) is 0 Å². The van der Waals surface area contributed by atoms with Gasteiger partial charge in [0.15, 0.2) is 0 Å². The largest absolute Gasteiger partial charge is 0.459 e. The van der Waals surface area contributed by atoms with Crippen LogP contribution in [0.4, 0.5) is 0 Å². The van der Waals surface area contributed by atoms with Crippen molar-refractivity contribution in [3.05, 3.63) is 0 Å². The summed E-state index contributed by atoms with van der Waals surface area (Å²) in [6.07, 6.45) is 4.44. The van der Waals surface area contributed by atoms with E-state index in [4.69, 9.17) is 0 Å². The fraction of sp³-hybridized carbons (Fsp3) is 0.846. The maximum Gasteiger partial charge on any atom is 0.396 e. The van der Waals surface area contributed by atoms with Crippen LogP contribution in [0, 0.1) is 11.8 Å². The van der Waals surface area contributed by atoms with Crippen LogP contribution in [0.25, 0.3) is 0 Å². The highest BCUT2D eigenvalue weighted by Gasteiger charge is 2.30. The Kier molecular flexibility index (Phi) is 5.45. The lowest BCUT2D eigenvalue weighted by Gasteiger charge is -2.34. The highest BCUT2D eigenvalue weighted by atomic mass is 16.5. The molecule has 1 amide bonds. The lowest BCUT2D eigenvalue weighted by Crippen LogP contribution is -2.46. The molecule has 1 N–H and O–H groups in total. The summed E-state index contributed by atoms with van der Waals surface area (Å²) in [5, 5.41) is 2.82. The molecular formula is C13H23NO3. The Balaban J connectivity index is 2.52.